The molecule has 0 aliphatic heterocycles. The van der Waals surface area contributed by atoms with Gasteiger partial charge in [0.25, 0.3) is 0 Å². The van der Waals surface area contributed by atoms with Crippen LogP contribution >= 0.6 is 0 Å². The first-order valence-electron chi connectivity index (χ1n) is 3.95. The largest absolute Gasteiger partial charge is 0.469 e. The van der Waals surface area contributed by atoms with E-state index in [1.165, 1.54) is 7.11 Å². The van der Waals surface area contributed by atoms with Crippen molar-refractivity contribution in [3.05, 3.63) is 0 Å². The molecule has 0 unspecified atom stereocenters. The Hall–Kier alpha value is -0.570. The molecule has 0 radical (unpaired) electrons. The number of carbonyl (C=O) groups is 1. The number of ether oxygens (including phenoxy) is 1. The van der Waals surface area contributed by atoms with Gasteiger partial charge >= 0.3 is 5.97 Å². The van der Waals surface area contributed by atoms with Crippen molar-refractivity contribution < 1.29 is 14.6 Å². The lowest BCUT2D eigenvalue weighted by Crippen LogP contribution is -2.37. The Balaban J connectivity index is 2.16. The van der Waals surface area contributed by atoms with Crippen LogP contribution in [0.25, 0.3) is 0 Å². The average molecular weight is 158 g/mol. The van der Waals surface area contributed by atoms with Gasteiger partial charge in [-0.05, 0) is 25.7 Å². The van der Waals surface area contributed by atoms with Gasteiger partial charge in [0, 0.05) is 6.42 Å². The Morgan fingerprint density at radius 3 is 2.64 bits per heavy atom. The lowest BCUT2D eigenvalue weighted by Gasteiger charge is -2.36. The molecule has 3 heteroatoms. The first-order chi connectivity index (χ1) is 5.16. The summed E-state index contributed by atoms with van der Waals surface area (Å²) in [6, 6.07) is 0. The van der Waals surface area contributed by atoms with E-state index in [2.05, 4.69) is 4.74 Å². The van der Waals surface area contributed by atoms with Gasteiger partial charge in [0.05, 0.1) is 12.7 Å². The molecule has 0 saturated heterocycles. The van der Waals surface area contributed by atoms with E-state index in [1.54, 1.807) is 0 Å². The molecule has 0 spiro atoms. The molecule has 3 nitrogen and oxygen atoms in total. The molecule has 0 heterocycles. The van der Waals surface area contributed by atoms with Crippen LogP contribution in [0.2, 0.25) is 0 Å². The standard InChI is InChI=1S/C8H14O3/c1-11-7(9)3-6-8(10)4-2-5-8/h10H,2-6H2,1H3. The predicted octanol–water partition coefficient (Wildman–Crippen LogP) is 0.855. The fourth-order valence-electron chi connectivity index (χ4n) is 1.27. The zero-order chi connectivity index (χ0) is 8.32. The second-order valence-corrected chi connectivity index (χ2v) is 3.15. The van der Waals surface area contributed by atoms with Gasteiger partial charge in [-0.2, -0.15) is 0 Å². The molecule has 1 N–H and O–H groups in total. The van der Waals surface area contributed by atoms with Crippen molar-refractivity contribution in [2.24, 2.45) is 0 Å². The summed E-state index contributed by atoms with van der Waals surface area (Å²) in [6.45, 7) is 0. The summed E-state index contributed by atoms with van der Waals surface area (Å²) in [5, 5.41) is 9.55. The van der Waals surface area contributed by atoms with Crippen LogP contribution in [0.15, 0.2) is 0 Å². The summed E-state index contributed by atoms with van der Waals surface area (Å²) < 4.78 is 4.46. The first kappa shape index (κ1) is 8.53. The van der Waals surface area contributed by atoms with Gasteiger partial charge in [-0.25, -0.2) is 0 Å². The topological polar surface area (TPSA) is 46.5 Å². The Morgan fingerprint density at radius 1 is 1.64 bits per heavy atom. The van der Waals surface area contributed by atoms with E-state index >= 15 is 0 Å². The monoisotopic (exact) mass is 158 g/mol. The summed E-state index contributed by atoms with van der Waals surface area (Å²) in [5.74, 6) is -0.231. The zero-order valence-electron chi connectivity index (χ0n) is 6.80. The van der Waals surface area contributed by atoms with Gasteiger partial charge < -0.3 is 9.84 Å². The number of methoxy groups -OCH3 is 1. The maximum atomic E-state index is 10.7. The van der Waals surface area contributed by atoms with Crippen LogP contribution < -0.4 is 0 Å². The van der Waals surface area contributed by atoms with Crippen LogP contribution in [0, 0.1) is 0 Å². The Bertz CT molecular complexity index is 149. The number of aliphatic hydroxyl groups is 1. The molecule has 11 heavy (non-hydrogen) atoms. The fourth-order valence-corrected chi connectivity index (χ4v) is 1.27. The summed E-state index contributed by atoms with van der Waals surface area (Å²) in [4.78, 5) is 10.7. The highest BCUT2D eigenvalue weighted by Gasteiger charge is 2.34. The van der Waals surface area contributed by atoms with E-state index in [9.17, 15) is 9.90 Å². The van der Waals surface area contributed by atoms with Crippen molar-refractivity contribution in [3.63, 3.8) is 0 Å². The van der Waals surface area contributed by atoms with E-state index in [1.807, 2.05) is 0 Å². The summed E-state index contributed by atoms with van der Waals surface area (Å²) in [6.07, 6.45) is 3.65. The van der Waals surface area contributed by atoms with Crippen molar-refractivity contribution in [2.75, 3.05) is 7.11 Å². The van der Waals surface area contributed by atoms with Gasteiger partial charge in [0.2, 0.25) is 0 Å². The maximum absolute atomic E-state index is 10.7. The number of esters is 1. The SMILES string of the molecule is COC(=O)CCC1(O)CCC1. The molecule has 1 fully saturated rings. The second kappa shape index (κ2) is 3.22. The van der Waals surface area contributed by atoms with Gasteiger partial charge in [-0.3, -0.25) is 4.79 Å². The van der Waals surface area contributed by atoms with Gasteiger partial charge in [-0.1, -0.05) is 0 Å². The van der Waals surface area contributed by atoms with Crippen LogP contribution in [0.4, 0.5) is 0 Å². The minimum atomic E-state index is -0.547. The zero-order valence-corrected chi connectivity index (χ0v) is 6.80. The van der Waals surface area contributed by atoms with Gasteiger partial charge in [0.15, 0.2) is 0 Å². The summed E-state index contributed by atoms with van der Waals surface area (Å²) in [7, 11) is 1.37. The molecule has 64 valence electrons. The van der Waals surface area contributed by atoms with Crippen molar-refractivity contribution in [1.29, 1.82) is 0 Å². The van der Waals surface area contributed by atoms with Crippen LogP contribution in [0.3, 0.4) is 0 Å². The number of rotatable bonds is 3. The molecular weight excluding hydrogens is 144 g/mol. The molecule has 1 rings (SSSR count). The molecule has 0 atom stereocenters. The van der Waals surface area contributed by atoms with Crippen LogP contribution in [-0.2, 0) is 9.53 Å². The third-order valence-corrected chi connectivity index (χ3v) is 2.31. The normalized spacial score (nSPS) is 20.5. The van der Waals surface area contributed by atoms with Crippen molar-refractivity contribution in [2.45, 2.75) is 37.7 Å². The van der Waals surface area contributed by atoms with Crippen molar-refractivity contribution >= 4 is 5.97 Å². The van der Waals surface area contributed by atoms with E-state index < -0.39 is 5.60 Å². The second-order valence-electron chi connectivity index (χ2n) is 3.15. The fraction of sp³-hybridized carbons (Fsp3) is 0.875. The third-order valence-electron chi connectivity index (χ3n) is 2.31. The smallest absolute Gasteiger partial charge is 0.305 e. The summed E-state index contributed by atoms with van der Waals surface area (Å²) >= 11 is 0. The van der Waals surface area contributed by atoms with Crippen LogP contribution in [-0.4, -0.2) is 23.8 Å². The molecule has 0 amide bonds. The maximum Gasteiger partial charge on any atom is 0.305 e. The highest BCUT2D eigenvalue weighted by atomic mass is 16.5. The Morgan fingerprint density at radius 2 is 2.27 bits per heavy atom. The van der Waals surface area contributed by atoms with E-state index in [4.69, 9.17) is 0 Å². The lowest BCUT2D eigenvalue weighted by molar-refractivity contribution is -0.143. The van der Waals surface area contributed by atoms with E-state index in [-0.39, 0.29) is 5.97 Å². The number of hydrogen-bond donors (Lipinski definition) is 1. The third kappa shape index (κ3) is 2.19. The molecule has 0 bridgehead atoms. The van der Waals surface area contributed by atoms with Crippen molar-refractivity contribution in [1.82, 2.24) is 0 Å². The van der Waals surface area contributed by atoms with E-state index in [0.717, 1.165) is 19.3 Å². The first-order valence-corrected chi connectivity index (χ1v) is 3.95. The highest BCUT2D eigenvalue weighted by Crippen LogP contribution is 2.35. The van der Waals surface area contributed by atoms with Crippen molar-refractivity contribution in [3.8, 4) is 0 Å². The van der Waals surface area contributed by atoms with Gasteiger partial charge in [0.1, 0.15) is 0 Å². The quantitative estimate of drug-likeness (QED) is 0.619. The predicted molar refractivity (Wildman–Crippen MR) is 40.1 cm³/mol. The molecule has 1 saturated carbocycles. The molecule has 0 aromatic carbocycles. The van der Waals surface area contributed by atoms with Crippen LogP contribution in [0.5, 0.6) is 0 Å². The Kier molecular flexibility index (Phi) is 2.49. The molecule has 1 aliphatic carbocycles. The molecule has 0 aromatic rings. The Labute approximate surface area is 66.4 Å². The molecule has 1 aliphatic rings. The average Bonchev–Trinajstić information content (AvgIpc) is 1.96. The lowest BCUT2D eigenvalue weighted by atomic mass is 9.77. The molecule has 0 aromatic heterocycles. The highest BCUT2D eigenvalue weighted by molar-refractivity contribution is 5.69. The van der Waals surface area contributed by atoms with Gasteiger partial charge in [-0.15, -0.1) is 0 Å². The minimum Gasteiger partial charge on any atom is -0.469 e. The number of carbonyl (C=O) groups excluding carboxylic acids is 1. The minimum absolute atomic E-state index is 0.231. The summed E-state index contributed by atoms with van der Waals surface area (Å²) in [5.41, 5.74) is -0.547. The van der Waals surface area contributed by atoms with E-state index in [0.29, 0.717) is 12.8 Å². The van der Waals surface area contributed by atoms with Crippen LogP contribution in [0.1, 0.15) is 32.1 Å². The number of hydrogen-bond acceptors (Lipinski definition) is 3. The molecular formula is C8H14O3.